The normalized spacial score (nSPS) is 31.8. The van der Waals surface area contributed by atoms with E-state index in [0.717, 1.165) is 9.13 Å². The van der Waals surface area contributed by atoms with Crippen molar-refractivity contribution in [1.29, 1.82) is 0 Å². The van der Waals surface area contributed by atoms with Gasteiger partial charge in [-0.1, -0.05) is 41.5 Å². The summed E-state index contributed by atoms with van der Waals surface area (Å²) in [6.07, 6.45) is -12.0. The highest BCUT2D eigenvalue weighted by molar-refractivity contribution is 8.48. The van der Waals surface area contributed by atoms with E-state index in [1.165, 1.54) is 78.1 Å². The van der Waals surface area contributed by atoms with Gasteiger partial charge in [0.05, 0.1) is 113 Å². The van der Waals surface area contributed by atoms with Crippen molar-refractivity contribution in [2.75, 3.05) is 75.4 Å². The molecule has 30 atom stereocenters. The van der Waals surface area contributed by atoms with Gasteiger partial charge < -0.3 is 62.2 Å². The Morgan fingerprint density at radius 2 is 0.657 bits per heavy atom. The standard InChI is InChI=1S/C67H93N25O30P6S6/c1-24-10-87(66(97)81-48(24)68)59-27(4)44(34(112-59)14-108-127(103,133)122-47-31(8)63(92-23-80-41-54(92)83-65(72)85-57(41)96)116-37(47)17-106-124(100,130)118-42-26(3)58(111-32(42)12-93)88-11-25(2)55(94)86-67(88)98)119-125(101,131)109-15-35-46(30(7)61(113-35)90-21-78-39-50(70)74-19-76-52(39)90)121-128(104,134)110-16-36-45(29(6)60(114-36)89-20-77-38-49(69)73-18-75-51(38)89)120-126(102,132)107-13-33-43(117-123(99,129)105-9)28(5)62(115-33)91-22-79-40-53(91)82-64(71)84-56(40)95/h10-11,18-23,26-37,42-47,58-63,93,99-104,129-134H,12-17H2,1-9H3,(H9-4,68,69,70,71,72,73,74,75,76,81,82,83,84,85,86,94,95,96,97,98)/q+2/p+4/t26-,27-,28-,29-,30-,31-,32+,33+,34+,35+,36+,37+,42?,43?,44?,45?,46?,47?,58+,59+,60+,61+,62+,63+,123?,124?,125?,126?,127?,128?/m0/s1. The third-order valence-corrected chi connectivity index (χ3v) is 33.5. The first-order valence-corrected chi connectivity index (χ1v) is 57.0. The number of aromatic amines is 3. The van der Waals surface area contributed by atoms with Gasteiger partial charge in [-0.3, -0.25) is 56.7 Å². The predicted octanol–water partition coefficient (Wildman–Crippen LogP) is 3.10. The molecule has 55 nitrogen and oxygen atoms in total. The van der Waals surface area contributed by atoms with Gasteiger partial charge in [-0.15, -0.1) is 0 Å². The zero-order chi connectivity index (χ0) is 96.4. The minimum Gasteiger partial charge on any atom is -0.394 e. The molecule has 10 aromatic rings. The minimum atomic E-state index is -4.62. The van der Waals surface area contributed by atoms with E-state index in [9.17, 15) is 58.4 Å². The summed E-state index contributed by atoms with van der Waals surface area (Å²) >= 11 is 27.0. The monoisotopic (exact) mass is 2110 g/mol. The first-order chi connectivity index (χ1) is 63.1. The van der Waals surface area contributed by atoms with Crippen molar-refractivity contribution in [3.63, 3.8) is 0 Å². The number of aromatic nitrogens is 20. The maximum absolute atomic E-state index is 13.8. The van der Waals surface area contributed by atoms with Crippen LogP contribution in [0.3, 0.4) is 0 Å². The maximum atomic E-state index is 13.8. The van der Waals surface area contributed by atoms with Crippen LogP contribution in [0.2, 0.25) is 0 Å². The topological polar surface area (TPSA) is 742 Å². The van der Waals surface area contributed by atoms with Crippen LogP contribution in [0.25, 0.3) is 44.7 Å². The van der Waals surface area contributed by atoms with Crippen molar-refractivity contribution in [2.24, 2.45) is 35.5 Å². The Labute approximate surface area is 790 Å². The van der Waals surface area contributed by atoms with Crippen LogP contribution in [0.1, 0.15) is 90.0 Å². The first-order valence-electron chi connectivity index (χ1n) is 40.6. The molecule has 730 valence electrons. The summed E-state index contributed by atoms with van der Waals surface area (Å²) in [6, 6.07) is 0. The number of hydrogen-bond donors (Lipinski definition) is 21. The Kier molecular flexibility index (Phi) is 29.8. The van der Waals surface area contributed by atoms with E-state index >= 15 is 0 Å². The van der Waals surface area contributed by atoms with Crippen molar-refractivity contribution in [3.8, 4) is 0 Å². The van der Waals surface area contributed by atoms with Gasteiger partial charge in [-0.2, -0.15) is 98.6 Å². The zero-order valence-corrected chi connectivity index (χ0v) is 82.3. The molecule has 6 aliphatic rings. The third kappa shape index (κ3) is 20.9. The van der Waals surface area contributed by atoms with E-state index in [1.54, 1.807) is 53.0 Å². The maximum Gasteiger partial charge on any atom is 0.475 e. The molecule has 6 saturated heterocycles. The van der Waals surface area contributed by atoms with Gasteiger partial charge in [0.2, 0.25) is 11.9 Å². The fourth-order valence-electron chi connectivity index (χ4n) is 16.9. The molecule has 20 N–H and O–H groups in total. The van der Waals surface area contributed by atoms with E-state index in [2.05, 4.69) is 143 Å². The molecular weight excluding hydrogens is 2010 g/mol. The molecule has 0 radical (unpaired) electrons. The van der Waals surface area contributed by atoms with Gasteiger partial charge in [0.15, 0.2) is 45.3 Å². The lowest BCUT2D eigenvalue weighted by Gasteiger charge is -2.25. The van der Waals surface area contributed by atoms with Crippen molar-refractivity contribution < 1.29 is 117 Å². The lowest BCUT2D eigenvalue weighted by molar-refractivity contribution is -0.0581. The molecule has 16 heterocycles. The third-order valence-electron chi connectivity index (χ3n) is 23.5. The Hall–Kier alpha value is -5.96. The highest BCUT2D eigenvalue weighted by atomic mass is 32.7. The second kappa shape index (κ2) is 39.5. The number of imidazole rings is 4. The molecule has 6 fully saturated rings. The highest BCUT2D eigenvalue weighted by Gasteiger charge is 2.63. The lowest BCUT2D eigenvalue weighted by Crippen LogP contribution is -2.36. The average Bonchev–Trinajstić information content (AvgIpc) is 1.56. The minimum absolute atomic E-state index is 0.0184. The summed E-state index contributed by atoms with van der Waals surface area (Å²) in [5.74, 6) is -5.71. The molecule has 0 amide bonds. The number of aryl methyl sites for hydroxylation is 2. The number of fused-ring (bicyclic) bond motifs is 4. The van der Waals surface area contributed by atoms with Gasteiger partial charge in [0.25, 0.3) is 16.7 Å². The predicted molar refractivity (Wildman–Crippen MR) is 499 cm³/mol. The summed E-state index contributed by atoms with van der Waals surface area (Å²) in [7, 11) is -25.2. The number of rotatable bonds is 35. The van der Waals surface area contributed by atoms with Gasteiger partial charge in [0, 0.05) is 59.0 Å². The molecule has 134 heavy (non-hydrogen) atoms. The van der Waals surface area contributed by atoms with Gasteiger partial charge in [-0.25, -0.2) is 49.5 Å². The number of nitrogens with zero attached hydrogens (tertiary/aromatic N) is 17. The highest BCUT2D eigenvalue weighted by Crippen LogP contribution is 2.71. The van der Waals surface area contributed by atoms with Crippen LogP contribution < -0.4 is 56.7 Å². The molecule has 0 spiro atoms. The van der Waals surface area contributed by atoms with E-state index in [1.807, 2.05) is 0 Å². The number of ether oxygens (including phenoxy) is 6. The number of nitrogen functional groups attached to an aromatic ring is 5. The van der Waals surface area contributed by atoms with Crippen molar-refractivity contribution in [2.45, 2.75) is 166 Å². The number of hydrogen-bond acceptors (Lipinski definition) is 52. The molecule has 0 aliphatic carbocycles. The van der Waals surface area contributed by atoms with Crippen LogP contribution in [0.4, 0.5) is 29.4 Å². The molecule has 12 unspecified atom stereocenters. The number of thiol groups is 6. The van der Waals surface area contributed by atoms with Crippen LogP contribution in [0, 0.1) is 49.4 Å². The largest absolute Gasteiger partial charge is 0.475 e. The average molecular weight is 2110 g/mol. The van der Waals surface area contributed by atoms with Crippen LogP contribution in [-0.2, 0) is 82.7 Å². The molecule has 0 bridgehead atoms. The van der Waals surface area contributed by atoms with Crippen LogP contribution in [-0.4, -0.2) is 252 Å². The van der Waals surface area contributed by atoms with Crippen LogP contribution in [0.5, 0.6) is 0 Å². The molecule has 0 saturated carbocycles. The number of aliphatic hydroxyl groups excluding tert-OH is 1. The fourth-order valence-corrected chi connectivity index (χ4v) is 25.8. The smallest absolute Gasteiger partial charge is 0.394 e. The van der Waals surface area contributed by atoms with E-state index in [-0.39, 0.29) is 79.6 Å². The number of nitrogens with one attached hydrogen (secondary N) is 3. The molecule has 16 rings (SSSR count). The summed E-state index contributed by atoms with van der Waals surface area (Å²) in [4.78, 5) is 192. The number of nitrogens with two attached hydrogens (primary N) is 5. The molecule has 10 aromatic heterocycles. The second-order valence-corrected chi connectivity index (χ2v) is 50.4. The molecular formula is C67H97N25O30P6S6+6. The Balaban J connectivity index is 0.637. The summed E-state index contributed by atoms with van der Waals surface area (Å²) < 4.78 is 121. The summed E-state index contributed by atoms with van der Waals surface area (Å²) in [6.45, 7) is 9.02. The summed E-state index contributed by atoms with van der Waals surface area (Å²) in [5.41, 5.74) is 28.1. The first kappa shape index (κ1) is 101. The number of anilines is 5. The van der Waals surface area contributed by atoms with Crippen LogP contribution >= 0.6 is 116 Å². The van der Waals surface area contributed by atoms with E-state index in [0.29, 0.717) is 5.56 Å². The SMILES string of the molecule is CO[P+](O)(S)OC1[C@@H](CO[P+](O)(S)OC2[C@@H](CO[P+](O)(S)OC3[C@@H](CO[P+](O)(S)OC4[C@@H](CO[P+](O)(S)OC5[C@@H](CO[P+](O)(S)OC6[C@@H](CO)O[C@@H](n7cc(C)c(=O)[nH]c7=O)[C@H]6C)O[C@@H](n6cnc7c(=O)[nH]c(N)nc76)[C@H]5C)O[C@@H](n5cc(C)c(N)nc5=O)[C@H]4C)O[C@@H](n4cnc5c(N)ncnc54)[C@H]3C)O[C@@H](n3cnc4c(N)ncnc43)[C@H]2C)O[C@@H](n2cnc3c(=O)[nH]c(N)nc32)[C@H]1C. The quantitative estimate of drug-likeness (QED) is 0.0200. The number of H-pyrrole nitrogens is 3. The van der Waals surface area contributed by atoms with Crippen LogP contribution in [0.15, 0.2) is 74.3 Å². The van der Waals surface area contributed by atoms with E-state index in [4.69, 9.17) is 111 Å². The second-order valence-electron chi connectivity index (χ2n) is 32.4. The van der Waals surface area contributed by atoms with Crippen molar-refractivity contribution in [3.05, 3.63) is 114 Å². The summed E-state index contributed by atoms with van der Waals surface area (Å²) in [5, 5.41) is 10.5. The van der Waals surface area contributed by atoms with Gasteiger partial charge >= 0.3 is 54.3 Å². The van der Waals surface area contributed by atoms with Gasteiger partial charge in [0.1, 0.15) is 173 Å². The van der Waals surface area contributed by atoms with Crippen molar-refractivity contribution in [1.82, 2.24) is 97.2 Å². The molecule has 0 aromatic carbocycles. The fraction of sp³-hybridized carbons (Fsp3) is 0.582. The van der Waals surface area contributed by atoms with Crippen molar-refractivity contribution >= 4 is 190 Å². The zero-order valence-electron chi connectivity index (χ0n) is 71.6. The Morgan fingerprint density at radius 3 is 0.993 bits per heavy atom. The Morgan fingerprint density at radius 1 is 0.366 bits per heavy atom. The molecule has 67 heteroatoms. The van der Waals surface area contributed by atoms with E-state index < -0.39 is 257 Å². The lowest BCUT2D eigenvalue weighted by atomic mass is 10.0. The number of aliphatic hydroxyl groups is 1. The Bertz CT molecular complexity index is 6310. The van der Waals surface area contributed by atoms with Gasteiger partial charge in [-0.05, 0) is 13.8 Å². The molecule has 6 aliphatic heterocycles.